The molecule has 0 saturated carbocycles. The van der Waals surface area contributed by atoms with Gasteiger partial charge in [-0.15, -0.1) is 0 Å². The lowest BCUT2D eigenvalue weighted by atomic mass is 10.2. The molecule has 1 saturated heterocycles. The zero-order valence-electron chi connectivity index (χ0n) is 19.7. The number of carbonyl (C=O) groups excluding carboxylic acids is 1. The first-order chi connectivity index (χ1) is 16.9. The predicted octanol–water partition coefficient (Wildman–Crippen LogP) is 5.10. The van der Waals surface area contributed by atoms with E-state index in [0.717, 1.165) is 37.4 Å². The van der Waals surface area contributed by atoms with Crippen molar-refractivity contribution in [2.75, 3.05) is 12.4 Å². The molecule has 8 heteroatoms. The Bertz CT molecular complexity index is 1450. The van der Waals surface area contributed by atoms with Gasteiger partial charge in [-0.25, -0.2) is 9.37 Å². The van der Waals surface area contributed by atoms with E-state index in [1.54, 1.807) is 18.2 Å². The number of ketones is 1. The number of Topliss-reactive ketones (excluding diaryl/α,β-unsaturated/α-hetero) is 1. The van der Waals surface area contributed by atoms with Gasteiger partial charge in [0.05, 0.1) is 28.4 Å². The molecule has 1 aliphatic heterocycles. The first-order valence-corrected chi connectivity index (χ1v) is 12.6. The fourth-order valence-electron chi connectivity index (χ4n) is 4.59. The second-order valence-electron chi connectivity index (χ2n) is 8.77. The molecule has 0 aliphatic carbocycles. The van der Waals surface area contributed by atoms with Crippen LogP contribution in [-0.2, 0) is 11.3 Å². The number of halogens is 1. The quantitative estimate of drug-likeness (QED) is 0.205. The minimum absolute atomic E-state index is 0.0326. The highest BCUT2D eigenvalue weighted by molar-refractivity contribution is 7.99. The normalized spacial score (nSPS) is 15.7. The van der Waals surface area contributed by atoms with Crippen LogP contribution in [0.3, 0.4) is 0 Å². The number of aryl methyl sites for hydroxylation is 1. The number of aromatic nitrogens is 3. The van der Waals surface area contributed by atoms with E-state index >= 15 is 0 Å². The van der Waals surface area contributed by atoms with Crippen LogP contribution < -0.4 is 5.56 Å². The Morgan fingerprint density at radius 1 is 1.17 bits per heavy atom. The lowest BCUT2D eigenvalue weighted by Gasteiger charge is -2.15. The van der Waals surface area contributed by atoms with Crippen molar-refractivity contribution < 1.29 is 13.9 Å². The van der Waals surface area contributed by atoms with Crippen LogP contribution in [0, 0.1) is 19.7 Å². The molecule has 180 valence electrons. The van der Waals surface area contributed by atoms with E-state index in [1.807, 2.05) is 26.0 Å². The lowest BCUT2D eigenvalue weighted by Crippen LogP contribution is -2.22. The molecule has 5 rings (SSSR count). The zero-order chi connectivity index (χ0) is 24.5. The summed E-state index contributed by atoms with van der Waals surface area (Å²) in [6.45, 7) is 5.50. The molecule has 0 bridgehead atoms. The highest BCUT2D eigenvalue weighted by Gasteiger charge is 2.22. The van der Waals surface area contributed by atoms with Gasteiger partial charge >= 0.3 is 0 Å². The number of carbonyl (C=O) groups is 1. The summed E-state index contributed by atoms with van der Waals surface area (Å²) in [4.78, 5) is 31.3. The number of hydrogen-bond donors (Lipinski definition) is 0. The monoisotopic (exact) mass is 491 g/mol. The van der Waals surface area contributed by atoms with Crippen molar-refractivity contribution in [1.29, 1.82) is 0 Å². The Kier molecular flexibility index (Phi) is 6.58. The van der Waals surface area contributed by atoms with Gasteiger partial charge in [-0.3, -0.25) is 14.2 Å². The molecule has 6 nitrogen and oxygen atoms in total. The molecule has 1 atom stereocenters. The molecule has 2 aromatic heterocycles. The van der Waals surface area contributed by atoms with Crippen LogP contribution in [0.2, 0.25) is 0 Å². The van der Waals surface area contributed by atoms with Crippen molar-refractivity contribution in [2.24, 2.45) is 0 Å². The molecule has 0 radical (unpaired) electrons. The van der Waals surface area contributed by atoms with Gasteiger partial charge < -0.3 is 9.30 Å². The van der Waals surface area contributed by atoms with Gasteiger partial charge in [0.15, 0.2) is 10.9 Å². The summed E-state index contributed by atoms with van der Waals surface area (Å²) >= 11 is 1.21. The standard InChI is InChI=1S/C27H26FN3O3S/c1-17-14-23(18(2)30(17)15-21-6-5-13-34-21)25(32)16-35-27-29-24-8-4-3-7-22(24)26(33)31(27)20-11-9-19(28)10-12-20/h3-4,7-12,14,21H,5-6,13,15-16H2,1-2H3. The number of thioether (sulfide) groups is 1. The maximum absolute atomic E-state index is 13.5. The van der Waals surface area contributed by atoms with Crippen LogP contribution in [0.15, 0.2) is 64.5 Å². The van der Waals surface area contributed by atoms with E-state index < -0.39 is 5.82 Å². The number of hydrogen-bond acceptors (Lipinski definition) is 5. The summed E-state index contributed by atoms with van der Waals surface area (Å²) in [5, 5.41) is 0.854. The average Bonchev–Trinajstić information content (AvgIpc) is 3.47. The van der Waals surface area contributed by atoms with E-state index in [-0.39, 0.29) is 23.2 Å². The van der Waals surface area contributed by atoms with Crippen LogP contribution in [0.4, 0.5) is 4.39 Å². The van der Waals surface area contributed by atoms with Crippen molar-refractivity contribution in [3.63, 3.8) is 0 Å². The molecule has 0 amide bonds. The third-order valence-corrected chi connectivity index (χ3v) is 7.38. The summed E-state index contributed by atoms with van der Waals surface area (Å²) < 4.78 is 22.9. The number of ether oxygens (including phenoxy) is 1. The lowest BCUT2D eigenvalue weighted by molar-refractivity contribution is 0.0957. The van der Waals surface area contributed by atoms with Gasteiger partial charge in [0.2, 0.25) is 0 Å². The minimum atomic E-state index is -0.390. The summed E-state index contributed by atoms with van der Waals surface area (Å²) in [6.07, 6.45) is 2.29. The average molecular weight is 492 g/mol. The molecule has 2 aromatic carbocycles. The van der Waals surface area contributed by atoms with Crippen LogP contribution in [0.25, 0.3) is 16.6 Å². The third-order valence-electron chi connectivity index (χ3n) is 6.45. The topological polar surface area (TPSA) is 66.1 Å². The van der Waals surface area contributed by atoms with Crippen molar-refractivity contribution in [3.8, 4) is 5.69 Å². The fraction of sp³-hybridized carbons (Fsp3) is 0.296. The number of nitrogens with zero attached hydrogens (tertiary/aromatic N) is 3. The molecule has 0 N–H and O–H groups in total. The first kappa shape index (κ1) is 23.5. The van der Waals surface area contributed by atoms with Gasteiger partial charge in [0, 0.05) is 30.1 Å². The molecular formula is C27H26FN3O3S. The van der Waals surface area contributed by atoms with Crippen molar-refractivity contribution in [3.05, 3.63) is 87.7 Å². The van der Waals surface area contributed by atoms with E-state index in [2.05, 4.69) is 9.55 Å². The second-order valence-corrected chi connectivity index (χ2v) is 9.71. The number of benzene rings is 2. The predicted molar refractivity (Wildman–Crippen MR) is 135 cm³/mol. The summed E-state index contributed by atoms with van der Waals surface area (Å²) in [7, 11) is 0. The minimum Gasteiger partial charge on any atom is -0.376 e. The summed E-state index contributed by atoms with van der Waals surface area (Å²) in [5.41, 5.74) is 3.42. The maximum Gasteiger partial charge on any atom is 0.266 e. The molecule has 1 unspecified atom stereocenters. The van der Waals surface area contributed by atoms with Gasteiger partial charge in [-0.1, -0.05) is 23.9 Å². The van der Waals surface area contributed by atoms with Crippen LogP contribution in [0.5, 0.6) is 0 Å². The van der Waals surface area contributed by atoms with Crippen molar-refractivity contribution in [1.82, 2.24) is 14.1 Å². The largest absolute Gasteiger partial charge is 0.376 e. The van der Waals surface area contributed by atoms with E-state index in [9.17, 15) is 14.0 Å². The Hall–Kier alpha value is -3.23. The Labute approximate surface area is 206 Å². The van der Waals surface area contributed by atoms with Gasteiger partial charge in [0.1, 0.15) is 5.82 Å². The molecule has 1 aliphatic rings. The number of para-hydroxylation sites is 1. The van der Waals surface area contributed by atoms with Crippen LogP contribution in [-0.4, -0.2) is 38.4 Å². The Balaban J connectivity index is 1.45. The van der Waals surface area contributed by atoms with Gasteiger partial charge in [-0.2, -0.15) is 0 Å². The maximum atomic E-state index is 13.5. The van der Waals surface area contributed by atoms with Gasteiger partial charge in [0.25, 0.3) is 5.56 Å². The van der Waals surface area contributed by atoms with Crippen molar-refractivity contribution >= 4 is 28.4 Å². The molecular weight excluding hydrogens is 465 g/mol. The Morgan fingerprint density at radius 2 is 1.94 bits per heavy atom. The molecule has 35 heavy (non-hydrogen) atoms. The highest BCUT2D eigenvalue weighted by atomic mass is 32.2. The molecule has 0 spiro atoms. The number of fused-ring (bicyclic) bond motifs is 1. The summed E-state index contributed by atoms with van der Waals surface area (Å²) in [6, 6.07) is 14.7. The molecule has 4 aromatic rings. The molecule has 3 heterocycles. The highest BCUT2D eigenvalue weighted by Crippen LogP contribution is 2.25. The first-order valence-electron chi connectivity index (χ1n) is 11.6. The van der Waals surface area contributed by atoms with E-state index in [4.69, 9.17) is 4.74 Å². The van der Waals surface area contributed by atoms with Gasteiger partial charge in [-0.05, 0) is 69.2 Å². The summed E-state index contributed by atoms with van der Waals surface area (Å²) in [5.74, 6) is -0.302. The van der Waals surface area contributed by atoms with Crippen LogP contribution in [0.1, 0.15) is 34.6 Å². The smallest absolute Gasteiger partial charge is 0.266 e. The van der Waals surface area contributed by atoms with E-state index in [1.165, 1.54) is 40.6 Å². The fourth-order valence-corrected chi connectivity index (χ4v) is 5.49. The number of rotatable bonds is 7. The van der Waals surface area contributed by atoms with Crippen LogP contribution >= 0.6 is 11.8 Å². The third kappa shape index (κ3) is 4.68. The Morgan fingerprint density at radius 3 is 2.69 bits per heavy atom. The zero-order valence-corrected chi connectivity index (χ0v) is 20.5. The SMILES string of the molecule is Cc1cc(C(=O)CSc2nc3ccccc3c(=O)n2-c2ccc(F)cc2)c(C)n1CC1CCCO1. The molecule has 1 fully saturated rings. The van der Waals surface area contributed by atoms with Crippen molar-refractivity contribution in [2.45, 2.75) is 44.5 Å². The second kappa shape index (κ2) is 9.79. The van der Waals surface area contributed by atoms with E-state index in [0.29, 0.717) is 27.3 Å².